The molecule has 1 aliphatic heterocycles. The number of carbonyl (C=O) groups is 1. The number of carbonyl (C=O) groups excluding carboxylic acids is 1. The molecular weight excluding hydrogens is 340 g/mol. The summed E-state index contributed by atoms with van der Waals surface area (Å²) in [6.45, 7) is 5.16. The maximum absolute atomic E-state index is 12.5. The first-order valence-electron chi connectivity index (χ1n) is 9.44. The lowest BCUT2D eigenvalue weighted by Gasteiger charge is -2.14. The molecule has 4 rings (SSSR count). The molecule has 0 saturated carbocycles. The van der Waals surface area contributed by atoms with Gasteiger partial charge in [-0.2, -0.15) is 0 Å². The zero-order chi connectivity index (χ0) is 18.8. The summed E-state index contributed by atoms with van der Waals surface area (Å²) < 4.78 is 13.7. The van der Waals surface area contributed by atoms with Gasteiger partial charge in [0.25, 0.3) is 0 Å². The summed E-state index contributed by atoms with van der Waals surface area (Å²) >= 11 is 0. The number of para-hydroxylation sites is 1. The molecule has 1 unspecified atom stereocenters. The Balaban J connectivity index is 1.47. The van der Waals surface area contributed by atoms with E-state index in [0.29, 0.717) is 31.0 Å². The van der Waals surface area contributed by atoms with E-state index in [-0.39, 0.29) is 12.0 Å². The standard InChI is InChI=1S/C22H24N2O3/c1-3-26-21-13-17-12-15(2)27-20(17)14-18(21)23-22(25)9-11-24-10-8-16-6-4-5-7-19(16)24/h4-8,10,13-15H,3,9,11-12H2,1-2H3,(H,23,25). The lowest BCUT2D eigenvalue weighted by atomic mass is 10.1. The van der Waals surface area contributed by atoms with Crippen LogP contribution in [0.4, 0.5) is 5.69 Å². The molecule has 0 fully saturated rings. The molecule has 1 aliphatic rings. The molecule has 3 aromatic rings. The Labute approximate surface area is 158 Å². The second kappa shape index (κ2) is 7.35. The van der Waals surface area contributed by atoms with Gasteiger partial charge in [-0.05, 0) is 37.4 Å². The van der Waals surface area contributed by atoms with Crippen molar-refractivity contribution in [3.05, 3.63) is 54.2 Å². The number of hydrogen-bond acceptors (Lipinski definition) is 3. The summed E-state index contributed by atoms with van der Waals surface area (Å²) in [7, 11) is 0. The van der Waals surface area contributed by atoms with Crippen LogP contribution in [0.5, 0.6) is 11.5 Å². The highest BCUT2D eigenvalue weighted by Crippen LogP contribution is 2.38. The van der Waals surface area contributed by atoms with E-state index in [2.05, 4.69) is 28.1 Å². The summed E-state index contributed by atoms with van der Waals surface area (Å²) in [5.74, 6) is 1.49. The molecule has 140 valence electrons. The second-order valence-corrected chi connectivity index (χ2v) is 6.89. The minimum Gasteiger partial charge on any atom is -0.492 e. The Morgan fingerprint density at radius 3 is 3.00 bits per heavy atom. The van der Waals surface area contributed by atoms with E-state index in [1.807, 2.05) is 44.3 Å². The smallest absolute Gasteiger partial charge is 0.226 e. The molecular formula is C22H24N2O3. The second-order valence-electron chi connectivity index (χ2n) is 6.89. The largest absolute Gasteiger partial charge is 0.492 e. The number of anilines is 1. The van der Waals surface area contributed by atoms with Crippen LogP contribution >= 0.6 is 0 Å². The van der Waals surface area contributed by atoms with Gasteiger partial charge in [0.1, 0.15) is 17.6 Å². The van der Waals surface area contributed by atoms with Crippen LogP contribution in [0, 0.1) is 0 Å². The van der Waals surface area contributed by atoms with Gasteiger partial charge in [-0.25, -0.2) is 0 Å². The molecule has 27 heavy (non-hydrogen) atoms. The third-order valence-corrected chi connectivity index (χ3v) is 4.83. The molecule has 2 heterocycles. The monoisotopic (exact) mass is 364 g/mol. The number of ether oxygens (including phenoxy) is 2. The topological polar surface area (TPSA) is 52.5 Å². The van der Waals surface area contributed by atoms with Crippen molar-refractivity contribution in [2.75, 3.05) is 11.9 Å². The van der Waals surface area contributed by atoms with Crippen LogP contribution in [-0.4, -0.2) is 23.2 Å². The number of rotatable bonds is 6. The first-order valence-corrected chi connectivity index (χ1v) is 9.44. The number of aryl methyl sites for hydroxylation is 1. The van der Waals surface area contributed by atoms with Gasteiger partial charge in [0, 0.05) is 42.7 Å². The Bertz CT molecular complexity index is 977. The fraction of sp³-hybridized carbons (Fsp3) is 0.318. The maximum atomic E-state index is 12.5. The number of amides is 1. The van der Waals surface area contributed by atoms with Crippen LogP contribution in [-0.2, 0) is 17.8 Å². The van der Waals surface area contributed by atoms with Crippen molar-refractivity contribution < 1.29 is 14.3 Å². The summed E-state index contributed by atoms with van der Waals surface area (Å²) in [6.07, 6.45) is 3.43. The van der Waals surface area contributed by atoms with Crippen LogP contribution < -0.4 is 14.8 Å². The van der Waals surface area contributed by atoms with E-state index in [4.69, 9.17) is 9.47 Å². The molecule has 0 bridgehead atoms. The lowest BCUT2D eigenvalue weighted by molar-refractivity contribution is -0.116. The van der Waals surface area contributed by atoms with Crippen LogP contribution in [0.2, 0.25) is 0 Å². The van der Waals surface area contributed by atoms with E-state index in [1.165, 1.54) is 5.39 Å². The maximum Gasteiger partial charge on any atom is 0.226 e. The Kier molecular flexibility index (Phi) is 4.75. The molecule has 0 saturated heterocycles. The molecule has 0 aliphatic carbocycles. The minimum atomic E-state index is -0.0419. The molecule has 1 N–H and O–H groups in total. The minimum absolute atomic E-state index is 0.0419. The van der Waals surface area contributed by atoms with E-state index in [1.54, 1.807) is 0 Å². The number of fused-ring (bicyclic) bond motifs is 2. The van der Waals surface area contributed by atoms with Gasteiger partial charge in [-0.15, -0.1) is 0 Å². The Morgan fingerprint density at radius 2 is 2.15 bits per heavy atom. The van der Waals surface area contributed by atoms with Crippen molar-refractivity contribution in [2.45, 2.75) is 39.3 Å². The van der Waals surface area contributed by atoms with E-state index >= 15 is 0 Å². The zero-order valence-electron chi connectivity index (χ0n) is 15.7. The summed E-state index contributed by atoms with van der Waals surface area (Å²) in [5, 5.41) is 4.18. The van der Waals surface area contributed by atoms with Gasteiger partial charge in [0.2, 0.25) is 5.91 Å². The Hall–Kier alpha value is -2.95. The van der Waals surface area contributed by atoms with Gasteiger partial charge in [-0.1, -0.05) is 18.2 Å². The van der Waals surface area contributed by atoms with Crippen molar-refractivity contribution in [3.63, 3.8) is 0 Å². The van der Waals surface area contributed by atoms with Crippen molar-refractivity contribution in [1.82, 2.24) is 4.57 Å². The quantitative estimate of drug-likeness (QED) is 0.706. The van der Waals surface area contributed by atoms with Crippen molar-refractivity contribution >= 4 is 22.5 Å². The fourth-order valence-electron chi connectivity index (χ4n) is 3.58. The third-order valence-electron chi connectivity index (χ3n) is 4.83. The van der Waals surface area contributed by atoms with Gasteiger partial charge < -0.3 is 19.4 Å². The predicted octanol–water partition coefficient (Wildman–Crippen LogP) is 4.39. The third kappa shape index (κ3) is 3.63. The van der Waals surface area contributed by atoms with Gasteiger partial charge in [-0.3, -0.25) is 4.79 Å². The van der Waals surface area contributed by atoms with Crippen molar-refractivity contribution in [3.8, 4) is 11.5 Å². The van der Waals surface area contributed by atoms with Gasteiger partial charge >= 0.3 is 0 Å². The highest BCUT2D eigenvalue weighted by Gasteiger charge is 2.22. The van der Waals surface area contributed by atoms with E-state index in [9.17, 15) is 4.79 Å². The number of aromatic nitrogens is 1. The molecule has 5 heteroatoms. The molecule has 2 aromatic carbocycles. The number of nitrogens with zero attached hydrogens (tertiary/aromatic N) is 1. The van der Waals surface area contributed by atoms with Crippen molar-refractivity contribution in [1.29, 1.82) is 0 Å². The predicted molar refractivity (Wildman–Crippen MR) is 107 cm³/mol. The molecule has 1 atom stereocenters. The number of hydrogen-bond donors (Lipinski definition) is 1. The van der Waals surface area contributed by atoms with Gasteiger partial charge in [0.15, 0.2) is 0 Å². The summed E-state index contributed by atoms with van der Waals surface area (Å²) in [5.41, 5.74) is 2.94. The zero-order valence-corrected chi connectivity index (χ0v) is 15.7. The molecule has 0 spiro atoms. The highest BCUT2D eigenvalue weighted by atomic mass is 16.5. The molecule has 1 aromatic heterocycles. The van der Waals surface area contributed by atoms with E-state index < -0.39 is 0 Å². The number of nitrogens with one attached hydrogen (secondary N) is 1. The average Bonchev–Trinajstić information content (AvgIpc) is 3.22. The number of benzene rings is 2. The van der Waals surface area contributed by atoms with E-state index in [0.717, 1.165) is 23.3 Å². The van der Waals surface area contributed by atoms with Gasteiger partial charge in [0.05, 0.1) is 12.3 Å². The molecule has 1 amide bonds. The van der Waals surface area contributed by atoms with Crippen molar-refractivity contribution in [2.24, 2.45) is 0 Å². The van der Waals surface area contributed by atoms with Crippen LogP contribution in [0.15, 0.2) is 48.7 Å². The highest BCUT2D eigenvalue weighted by molar-refractivity contribution is 5.93. The van der Waals surface area contributed by atoms with Crippen LogP contribution in [0.1, 0.15) is 25.8 Å². The normalized spacial score (nSPS) is 15.4. The fourth-order valence-corrected chi connectivity index (χ4v) is 3.58. The summed E-state index contributed by atoms with van der Waals surface area (Å²) in [6, 6.07) is 14.1. The first-order chi connectivity index (χ1) is 13.1. The Morgan fingerprint density at radius 1 is 1.30 bits per heavy atom. The lowest BCUT2D eigenvalue weighted by Crippen LogP contribution is -2.15. The van der Waals surface area contributed by atoms with Crippen LogP contribution in [0.25, 0.3) is 10.9 Å². The molecule has 0 radical (unpaired) electrons. The van der Waals surface area contributed by atoms with Crippen LogP contribution in [0.3, 0.4) is 0 Å². The molecule has 5 nitrogen and oxygen atoms in total. The SMILES string of the molecule is CCOc1cc2c(cc1NC(=O)CCn1ccc3ccccc31)OC(C)C2. The average molecular weight is 364 g/mol. The summed E-state index contributed by atoms with van der Waals surface area (Å²) in [4.78, 5) is 12.5. The first kappa shape index (κ1) is 17.5.